The number of hydrogen-bond donors (Lipinski definition) is 0. The zero-order valence-electron chi connectivity index (χ0n) is 6.86. The third-order valence-corrected chi connectivity index (χ3v) is 2.17. The Balaban J connectivity index is 2.88. The molecule has 0 unspecified atom stereocenters. The summed E-state index contributed by atoms with van der Waals surface area (Å²) in [5, 5.41) is 8.18. The summed E-state index contributed by atoms with van der Waals surface area (Å²) < 4.78 is 0.836. The van der Waals surface area contributed by atoms with Crippen molar-refractivity contribution in [3.05, 3.63) is 22.2 Å². The first-order valence-electron chi connectivity index (χ1n) is 3.66. The topological polar surface area (TPSA) is 47.8 Å². The second-order valence-corrected chi connectivity index (χ2v) is 3.59. The fourth-order valence-electron chi connectivity index (χ4n) is 1.20. The van der Waals surface area contributed by atoms with Gasteiger partial charge in [0.05, 0.1) is 0 Å². The van der Waals surface area contributed by atoms with Gasteiger partial charge in [-0.15, -0.1) is 0 Å². The number of rotatable bonds is 1. The molecule has 0 radical (unpaired) electrons. The average Bonchev–Trinajstić information content (AvgIpc) is 2.43. The second kappa shape index (κ2) is 2.92. The number of halogens is 1. The van der Waals surface area contributed by atoms with E-state index >= 15 is 0 Å². The molecule has 0 saturated heterocycles. The zero-order chi connectivity index (χ0) is 9.42. The lowest BCUT2D eigenvalue weighted by molar-refractivity contribution is 0.112. The molecule has 0 N–H and O–H groups in total. The summed E-state index contributed by atoms with van der Waals surface area (Å²) in [6.45, 7) is 0. The van der Waals surface area contributed by atoms with Crippen molar-refractivity contribution in [3.8, 4) is 0 Å². The number of aldehydes is 1. The normalized spacial score (nSPS) is 10.6. The van der Waals surface area contributed by atoms with Crippen LogP contribution in [0.3, 0.4) is 0 Å². The summed E-state index contributed by atoms with van der Waals surface area (Å²) in [6.07, 6.45) is 0.780. The molecule has 0 amide bonds. The summed E-state index contributed by atoms with van der Waals surface area (Å²) in [7, 11) is 1.72. The Morgan fingerprint density at radius 2 is 2.23 bits per heavy atom. The summed E-state index contributed by atoms with van der Waals surface area (Å²) in [4.78, 5) is 12.1. The van der Waals surface area contributed by atoms with Crippen molar-refractivity contribution in [1.29, 1.82) is 0 Å². The van der Waals surface area contributed by atoms with E-state index in [1.54, 1.807) is 13.1 Å². The number of nitrogens with zero attached hydrogens (tertiary/aromatic N) is 3. The highest BCUT2D eigenvalue weighted by Crippen LogP contribution is 2.19. The van der Waals surface area contributed by atoms with Crippen LogP contribution < -0.4 is 0 Å². The number of carbonyl (C=O) groups excluding carboxylic acids is 1. The van der Waals surface area contributed by atoms with E-state index in [0.29, 0.717) is 11.1 Å². The van der Waals surface area contributed by atoms with Crippen molar-refractivity contribution in [2.24, 2.45) is 7.05 Å². The molecular formula is C8H6BrN3O. The quantitative estimate of drug-likeness (QED) is 0.710. The van der Waals surface area contributed by atoms with Crippen LogP contribution >= 0.6 is 15.9 Å². The Bertz CT molecular complexity index is 477. The first-order chi connectivity index (χ1) is 6.20. The van der Waals surface area contributed by atoms with Crippen LogP contribution in [0.5, 0.6) is 0 Å². The average molecular weight is 240 g/mol. The van der Waals surface area contributed by atoms with E-state index in [1.165, 1.54) is 4.80 Å². The van der Waals surface area contributed by atoms with Crippen LogP contribution in [0.25, 0.3) is 11.0 Å². The van der Waals surface area contributed by atoms with Crippen molar-refractivity contribution in [2.45, 2.75) is 0 Å². The minimum atomic E-state index is 0.553. The van der Waals surface area contributed by atoms with Gasteiger partial charge in [0.2, 0.25) is 0 Å². The molecular weight excluding hydrogens is 234 g/mol. The van der Waals surface area contributed by atoms with Crippen LogP contribution in [-0.2, 0) is 7.05 Å². The molecule has 2 rings (SSSR count). The fraction of sp³-hybridized carbons (Fsp3) is 0.125. The Labute approximate surface area is 82.7 Å². The third kappa shape index (κ3) is 1.35. The van der Waals surface area contributed by atoms with Crippen molar-refractivity contribution >= 4 is 33.2 Å². The number of aromatic nitrogens is 3. The molecule has 1 heterocycles. The molecule has 1 aromatic carbocycles. The lowest BCUT2D eigenvalue weighted by atomic mass is 10.2. The van der Waals surface area contributed by atoms with Gasteiger partial charge in [-0.2, -0.15) is 15.0 Å². The number of carbonyl (C=O) groups is 1. The zero-order valence-corrected chi connectivity index (χ0v) is 8.45. The minimum Gasteiger partial charge on any atom is -0.298 e. The first kappa shape index (κ1) is 8.37. The predicted octanol–water partition coefficient (Wildman–Crippen LogP) is 1.54. The van der Waals surface area contributed by atoms with Gasteiger partial charge in [0.15, 0.2) is 6.29 Å². The van der Waals surface area contributed by atoms with Gasteiger partial charge >= 0.3 is 0 Å². The van der Waals surface area contributed by atoms with Crippen LogP contribution in [-0.4, -0.2) is 21.3 Å². The van der Waals surface area contributed by atoms with Crippen molar-refractivity contribution in [3.63, 3.8) is 0 Å². The molecule has 2 aromatic rings. The highest BCUT2D eigenvalue weighted by Gasteiger charge is 2.06. The van der Waals surface area contributed by atoms with E-state index in [0.717, 1.165) is 16.3 Å². The van der Waals surface area contributed by atoms with Gasteiger partial charge < -0.3 is 0 Å². The van der Waals surface area contributed by atoms with Crippen LogP contribution in [0.4, 0.5) is 0 Å². The molecule has 1 aromatic heterocycles. The smallest absolute Gasteiger partial charge is 0.152 e. The first-order valence-corrected chi connectivity index (χ1v) is 4.46. The largest absolute Gasteiger partial charge is 0.298 e. The van der Waals surface area contributed by atoms with Gasteiger partial charge in [-0.1, -0.05) is 15.9 Å². The van der Waals surface area contributed by atoms with Gasteiger partial charge in [0.1, 0.15) is 11.0 Å². The Hall–Kier alpha value is -1.23. The SMILES string of the molecule is Cn1nc2cc(Br)cc(C=O)c2n1. The summed E-state index contributed by atoms with van der Waals surface area (Å²) in [5.74, 6) is 0. The van der Waals surface area contributed by atoms with Gasteiger partial charge in [-0.25, -0.2) is 0 Å². The highest BCUT2D eigenvalue weighted by molar-refractivity contribution is 9.10. The molecule has 0 aliphatic carbocycles. The Morgan fingerprint density at radius 1 is 1.46 bits per heavy atom. The summed E-state index contributed by atoms with van der Waals surface area (Å²) in [5.41, 5.74) is 1.91. The molecule has 0 fully saturated rings. The number of hydrogen-bond acceptors (Lipinski definition) is 3. The number of benzene rings is 1. The molecule has 13 heavy (non-hydrogen) atoms. The van der Waals surface area contributed by atoms with Gasteiger partial charge in [-0.05, 0) is 12.1 Å². The van der Waals surface area contributed by atoms with E-state index in [4.69, 9.17) is 0 Å². The lowest BCUT2D eigenvalue weighted by Crippen LogP contribution is -1.91. The van der Waals surface area contributed by atoms with Crippen LogP contribution in [0.1, 0.15) is 10.4 Å². The van der Waals surface area contributed by atoms with Crippen molar-refractivity contribution in [2.75, 3.05) is 0 Å². The molecule has 0 aliphatic rings. The number of fused-ring (bicyclic) bond motifs is 1. The van der Waals surface area contributed by atoms with Gasteiger partial charge in [-0.3, -0.25) is 4.79 Å². The standard InChI is InChI=1S/C8H6BrN3O/c1-12-10-7-3-6(9)2-5(4-13)8(7)11-12/h2-4H,1H3. The second-order valence-electron chi connectivity index (χ2n) is 2.67. The number of aryl methyl sites for hydroxylation is 1. The Kier molecular flexibility index (Phi) is 1.88. The van der Waals surface area contributed by atoms with E-state index < -0.39 is 0 Å². The van der Waals surface area contributed by atoms with E-state index in [2.05, 4.69) is 26.1 Å². The maximum atomic E-state index is 10.7. The maximum Gasteiger partial charge on any atom is 0.152 e. The molecule has 0 spiro atoms. The molecule has 0 atom stereocenters. The molecule has 5 heteroatoms. The molecule has 0 aliphatic heterocycles. The summed E-state index contributed by atoms with van der Waals surface area (Å²) >= 11 is 3.30. The maximum absolute atomic E-state index is 10.7. The molecule has 4 nitrogen and oxygen atoms in total. The lowest BCUT2D eigenvalue weighted by Gasteiger charge is -1.92. The molecule has 0 saturated carbocycles. The van der Waals surface area contributed by atoms with Crippen molar-refractivity contribution < 1.29 is 4.79 Å². The predicted molar refractivity (Wildman–Crippen MR) is 51.6 cm³/mol. The Morgan fingerprint density at radius 3 is 2.92 bits per heavy atom. The van der Waals surface area contributed by atoms with Gasteiger partial charge in [0, 0.05) is 17.1 Å². The van der Waals surface area contributed by atoms with Crippen LogP contribution in [0, 0.1) is 0 Å². The molecule has 66 valence electrons. The minimum absolute atomic E-state index is 0.553. The third-order valence-electron chi connectivity index (χ3n) is 1.71. The highest BCUT2D eigenvalue weighted by atomic mass is 79.9. The van der Waals surface area contributed by atoms with E-state index in [1.807, 2.05) is 6.07 Å². The fourth-order valence-corrected chi connectivity index (χ4v) is 1.67. The summed E-state index contributed by atoms with van der Waals surface area (Å²) in [6, 6.07) is 3.55. The van der Waals surface area contributed by atoms with Crippen molar-refractivity contribution in [1.82, 2.24) is 15.0 Å². The van der Waals surface area contributed by atoms with E-state index in [9.17, 15) is 4.79 Å². The van der Waals surface area contributed by atoms with Gasteiger partial charge in [0.25, 0.3) is 0 Å². The monoisotopic (exact) mass is 239 g/mol. The van der Waals surface area contributed by atoms with Crippen LogP contribution in [0.2, 0.25) is 0 Å². The molecule has 0 bridgehead atoms. The van der Waals surface area contributed by atoms with Crippen LogP contribution in [0.15, 0.2) is 16.6 Å². The van der Waals surface area contributed by atoms with E-state index in [-0.39, 0.29) is 0 Å².